The first-order valence-corrected chi connectivity index (χ1v) is 8.50. The van der Waals surface area contributed by atoms with Crippen LogP contribution in [0, 0.1) is 0 Å². The average Bonchev–Trinajstić information content (AvgIpc) is 3.07. The molecule has 1 amide bonds. The molecule has 126 valence electrons. The number of aromatic nitrogens is 1. The first kappa shape index (κ1) is 16.5. The van der Waals surface area contributed by atoms with Gasteiger partial charge in [-0.3, -0.25) is 14.7 Å². The Morgan fingerprint density at radius 3 is 2.79 bits per heavy atom. The lowest BCUT2D eigenvalue weighted by Gasteiger charge is -2.22. The van der Waals surface area contributed by atoms with Gasteiger partial charge in [-0.2, -0.15) is 0 Å². The number of nitrogens with zero attached hydrogens (tertiary/aromatic N) is 2. The van der Waals surface area contributed by atoms with Crippen LogP contribution < -0.4 is 11.1 Å². The van der Waals surface area contributed by atoms with Gasteiger partial charge in [0.15, 0.2) is 0 Å². The van der Waals surface area contributed by atoms with Crippen LogP contribution in [0.25, 0.3) is 11.1 Å². The third-order valence-corrected chi connectivity index (χ3v) is 4.64. The fourth-order valence-electron chi connectivity index (χ4n) is 3.28. The van der Waals surface area contributed by atoms with Crippen LogP contribution in [-0.4, -0.2) is 41.5 Å². The number of nitrogens with two attached hydrogens (primary N) is 1. The van der Waals surface area contributed by atoms with Gasteiger partial charge < -0.3 is 11.1 Å². The van der Waals surface area contributed by atoms with Crippen LogP contribution in [-0.2, 0) is 0 Å². The van der Waals surface area contributed by atoms with Crippen LogP contribution in [0.3, 0.4) is 0 Å². The molecule has 5 heteroatoms. The zero-order valence-corrected chi connectivity index (χ0v) is 14.0. The minimum atomic E-state index is -0.0183. The second-order valence-corrected chi connectivity index (χ2v) is 6.22. The van der Waals surface area contributed by atoms with Crippen molar-refractivity contribution in [3.05, 3.63) is 48.3 Å². The van der Waals surface area contributed by atoms with Crippen molar-refractivity contribution < 1.29 is 4.79 Å². The molecule has 0 aliphatic carbocycles. The Hall–Kier alpha value is -2.40. The smallest absolute Gasteiger partial charge is 0.251 e. The minimum absolute atomic E-state index is 0.0183. The van der Waals surface area contributed by atoms with E-state index in [4.69, 9.17) is 5.73 Å². The quantitative estimate of drug-likeness (QED) is 0.886. The molecule has 24 heavy (non-hydrogen) atoms. The number of nitrogens with one attached hydrogen (secondary N) is 1. The molecule has 1 aliphatic rings. The fourth-order valence-corrected chi connectivity index (χ4v) is 3.28. The number of likely N-dealkylation sites (N-methyl/N-ethyl adjacent to an activating group) is 1. The van der Waals surface area contributed by atoms with Crippen LogP contribution in [0.1, 0.15) is 30.1 Å². The second kappa shape index (κ2) is 7.45. The number of carbonyl (C=O) groups excluding carboxylic acids is 1. The normalized spacial score (nSPS) is 17.8. The average molecular weight is 324 g/mol. The Labute approximate surface area is 142 Å². The summed E-state index contributed by atoms with van der Waals surface area (Å²) in [5.41, 5.74) is 9.02. The van der Waals surface area contributed by atoms with E-state index in [1.54, 1.807) is 12.4 Å². The van der Waals surface area contributed by atoms with Crippen molar-refractivity contribution in [2.24, 2.45) is 0 Å². The summed E-state index contributed by atoms with van der Waals surface area (Å²) >= 11 is 0. The maximum Gasteiger partial charge on any atom is 0.251 e. The highest BCUT2D eigenvalue weighted by Gasteiger charge is 2.23. The molecular formula is C19H24N4O. The third-order valence-electron chi connectivity index (χ3n) is 4.64. The number of hydrogen-bond donors (Lipinski definition) is 2. The Morgan fingerprint density at radius 2 is 2.08 bits per heavy atom. The predicted octanol–water partition coefficient (Wildman–Crippen LogP) is 2.54. The molecule has 2 aromatic rings. The number of nitrogen functional groups attached to an aromatic ring is 1. The molecule has 2 heterocycles. The van der Waals surface area contributed by atoms with E-state index >= 15 is 0 Å². The Morgan fingerprint density at radius 1 is 1.29 bits per heavy atom. The van der Waals surface area contributed by atoms with Crippen molar-refractivity contribution in [3.63, 3.8) is 0 Å². The molecule has 1 atom stereocenters. The molecule has 1 fully saturated rings. The van der Waals surface area contributed by atoms with Crippen LogP contribution >= 0.6 is 0 Å². The summed E-state index contributed by atoms with van der Waals surface area (Å²) in [6.45, 7) is 5.07. The van der Waals surface area contributed by atoms with Gasteiger partial charge in [0, 0.05) is 36.1 Å². The molecule has 0 bridgehead atoms. The van der Waals surface area contributed by atoms with Crippen molar-refractivity contribution >= 4 is 11.6 Å². The van der Waals surface area contributed by atoms with Gasteiger partial charge in [0.05, 0.1) is 5.69 Å². The summed E-state index contributed by atoms with van der Waals surface area (Å²) < 4.78 is 0. The van der Waals surface area contributed by atoms with Crippen molar-refractivity contribution in [1.29, 1.82) is 0 Å². The summed E-state index contributed by atoms with van der Waals surface area (Å²) in [7, 11) is 0. The van der Waals surface area contributed by atoms with Gasteiger partial charge in [0.25, 0.3) is 5.91 Å². The second-order valence-electron chi connectivity index (χ2n) is 6.22. The minimum Gasteiger partial charge on any atom is -0.397 e. The topological polar surface area (TPSA) is 71.2 Å². The lowest BCUT2D eigenvalue weighted by atomic mass is 10.0. The van der Waals surface area contributed by atoms with E-state index in [0.29, 0.717) is 23.8 Å². The number of amides is 1. The van der Waals surface area contributed by atoms with Crippen LogP contribution in [0.15, 0.2) is 42.7 Å². The standard InChI is InChI=1S/C19H24N4O/c1-2-23-9-3-4-18(23)13-22-19(24)15-7-5-14(6-8-15)16-10-17(20)12-21-11-16/h5-8,10-12,18H,2-4,9,13,20H2,1H3,(H,22,24)/t18-/m0/s1. The van der Waals surface area contributed by atoms with E-state index in [1.165, 1.54) is 6.42 Å². The largest absolute Gasteiger partial charge is 0.397 e. The van der Waals surface area contributed by atoms with E-state index in [-0.39, 0.29) is 5.91 Å². The van der Waals surface area contributed by atoms with Gasteiger partial charge in [-0.05, 0) is 49.7 Å². The maximum atomic E-state index is 12.3. The van der Waals surface area contributed by atoms with E-state index in [2.05, 4.69) is 22.1 Å². The van der Waals surface area contributed by atoms with Gasteiger partial charge in [0.2, 0.25) is 0 Å². The third kappa shape index (κ3) is 3.74. The maximum absolute atomic E-state index is 12.3. The number of anilines is 1. The Kier molecular flexibility index (Phi) is 5.11. The first-order chi connectivity index (χ1) is 11.7. The summed E-state index contributed by atoms with van der Waals surface area (Å²) in [5.74, 6) is -0.0183. The van der Waals surface area contributed by atoms with Crippen LogP contribution in [0.2, 0.25) is 0 Å². The molecule has 1 aromatic carbocycles. The van der Waals surface area contributed by atoms with Crippen LogP contribution in [0.4, 0.5) is 5.69 Å². The van der Waals surface area contributed by atoms with E-state index in [0.717, 1.165) is 30.6 Å². The predicted molar refractivity (Wildman–Crippen MR) is 96.7 cm³/mol. The van der Waals surface area contributed by atoms with Crippen molar-refractivity contribution in [2.45, 2.75) is 25.8 Å². The highest BCUT2D eigenvalue weighted by atomic mass is 16.1. The monoisotopic (exact) mass is 324 g/mol. The molecule has 1 saturated heterocycles. The molecule has 0 spiro atoms. The first-order valence-electron chi connectivity index (χ1n) is 8.50. The zero-order valence-electron chi connectivity index (χ0n) is 14.0. The molecule has 3 N–H and O–H groups in total. The highest BCUT2D eigenvalue weighted by Crippen LogP contribution is 2.21. The van der Waals surface area contributed by atoms with Crippen molar-refractivity contribution in [2.75, 3.05) is 25.4 Å². The van der Waals surface area contributed by atoms with E-state index in [1.807, 2.05) is 30.3 Å². The zero-order chi connectivity index (χ0) is 16.9. The number of rotatable bonds is 5. The van der Waals surface area contributed by atoms with Crippen LogP contribution in [0.5, 0.6) is 0 Å². The highest BCUT2D eigenvalue weighted by molar-refractivity contribution is 5.94. The van der Waals surface area contributed by atoms with E-state index < -0.39 is 0 Å². The summed E-state index contributed by atoms with van der Waals surface area (Å²) in [6, 6.07) is 9.90. The molecule has 1 aliphatic heterocycles. The number of hydrogen-bond acceptors (Lipinski definition) is 4. The molecule has 0 radical (unpaired) electrons. The van der Waals surface area contributed by atoms with Crippen molar-refractivity contribution in [3.8, 4) is 11.1 Å². The van der Waals surface area contributed by atoms with Gasteiger partial charge in [-0.25, -0.2) is 0 Å². The summed E-state index contributed by atoms with van der Waals surface area (Å²) in [6.07, 6.45) is 5.77. The van der Waals surface area contributed by atoms with Gasteiger partial charge in [0.1, 0.15) is 0 Å². The van der Waals surface area contributed by atoms with Gasteiger partial charge >= 0.3 is 0 Å². The molecule has 0 saturated carbocycles. The van der Waals surface area contributed by atoms with Crippen molar-refractivity contribution in [1.82, 2.24) is 15.2 Å². The molecule has 1 aromatic heterocycles. The molecule has 0 unspecified atom stereocenters. The molecular weight excluding hydrogens is 300 g/mol. The number of carbonyl (C=O) groups is 1. The van der Waals surface area contributed by atoms with E-state index in [9.17, 15) is 4.79 Å². The number of pyridine rings is 1. The lowest BCUT2D eigenvalue weighted by molar-refractivity contribution is 0.0941. The number of likely N-dealkylation sites (tertiary alicyclic amines) is 1. The van der Waals surface area contributed by atoms with Gasteiger partial charge in [-0.1, -0.05) is 19.1 Å². The molecule has 5 nitrogen and oxygen atoms in total. The lowest BCUT2D eigenvalue weighted by Crippen LogP contribution is -2.40. The Balaban J connectivity index is 1.62. The summed E-state index contributed by atoms with van der Waals surface area (Å²) in [4.78, 5) is 18.9. The SMILES string of the molecule is CCN1CCC[C@H]1CNC(=O)c1ccc(-c2cncc(N)c2)cc1. The molecule has 3 rings (SSSR count). The fraction of sp³-hybridized carbons (Fsp3) is 0.368. The Bertz CT molecular complexity index is 699. The number of benzene rings is 1. The van der Waals surface area contributed by atoms with Gasteiger partial charge in [-0.15, -0.1) is 0 Å². The summed E-state index contributed by atoms with van der Waals surface area (Å²) in [5, 5.41) is 3.06.